The zero-order chi connectivity index (χ0) is 21.9. The Morgan fingerprint density at radius 3 is 2.47 bits per heavy atom. The van der Waals surface area contributed by atoms with E-state index in [0.717, 1.165) is 16.9 Å². The number of carbonyl (C=O) groups is 2. The number of ether oxygens (including phenoxy) is 1. The first-order chi connectivity index (χ1) is 14.5. The SMILES string of the molecule is CCNC(=O)[C@@H](CC)N(Cc1ccc(OC)cc1)C(=O)CSCc1cccc(Cl)c1. The summed E-state index contributed by atoms with van der Waals surface area (Å²) in [5, 5.41) is 3.53. The van der Waals surface area contributed by atoms with Crippen LogP contribution < -0.4 is 10.1 Å². The number of amides is 2. The van der Waals surface area contributed by atoms with Crippen LogP contribution in [-0.2, 0) is 21.9 Å². The van der Waals surface area contributed by atoms with Crippen LogP contribution in [0.25, 0.3) is 0 Å². The van der Waals surface area contributed by atoms with E-state index in [1.54, 1.807) is 12.0 Å². The van der Waals surface area contributed by atoms with Gasteiger partial charge in [-0.2, -0.15) is 0 Å². The summed E-state index contributed by atoms with van der Waals surface area (Å²) >= 11 is 7.56. The van der Waals surface area contributed by atoms with Crippen molar-refractivity contribution in [3.8, 4) is 5.75 Å². The Labute approximate surface area is 188 Å². The Morgan fingerprint density at radius 2 is 1.87 bits per heavy atom. The summed E-state index contributed by atoms with van der Waals surface area (Å²) in [5.74, 6) is 1.54. The molecule has 30 heavy (non-hydrogen) atoms. The molecule has 0 fully saturated rings. The quantitative estimate of drug-likeness (QED) is 0.548. The van der Waals surface area contributed by atoms with E-state index >= 15 is 0 Å². The summed E-state index contributed by atoms with van der Waals surface area (Å²) in [6.45, 7) is 4.70. The second-order valence-corrected chi connectivity index (χ2v) is 8.23. The van der Waals surface area contributed by atoms with Crippen LogP contribution in [0.5, 0.6) is 5.75 Å². The first-order valence-electron chi connectivity index (χ1n) is 10.0. The number of hydrogen-bond donors (Lipinski definition) is 1. The van der Waals surface area contributed by atoms with Crippen LogP contribution in [0, 0.1) is 0 Å². The van der Waals surface area contributed by atoms with E-state index in [4.69, 9.17) is 16.3 Å². The molecule has 0 radical (unpaired) electrons. The van der Waals surface area contributed by atoms with Gasteiger partial charge in [0.1, 0.15) is 11.8 Å². The van der Waals surface area contributed by atoms with Crippen LogP contribution in [0.3, 0.4) is 0 Å². The normalized spacial score (nSPS) is 11.6. The van der Waals surface area contributed by atoms with Gasteiger partial charge in [-0.1, -0.05) is 42.8 Å². The van der Waals surface area contributed by atoms with Crippen molar-refractivity contribution in [3.05, 3.63) is 64.7 Å². The Morgan fingerprint density at radius 1 is 1.13 bits per heavy atom. The van der Waals surface area contributed by atoms with Crippen LogP contribution in [0.4, 0.5) is 0 Å². The molecule has 0 bridgehead atoms. The Balaban J connectivity index is 2.11. The van der Waals surface area contributed by atoms with Crippen molar-refractivity contribution in [2.24, 2.45) is 0 Å². The summed E-state index contributed by atoms with van der Waals surface area (Å²) in [5.41, 5.74) is 2.02. The van der Waals surface area contributed by atoms with Crippen LogP contribution in [0.2, 0.25) is 5.02 Å². The molecule has 2 aromatic rings. The number of carbonyl (C=O) groups excluding carboxylic acids is 2. The molecule has 0 heterocycles. The van der Waals surface area contributed by atoms with E-state index in [1.807, 2.05) is 62.4 Å². The maximum atomic E-state index is 13.1. The fourth-order valence-corrected chi connectivity index (χ4v) is 4.18. The first kappa shape index (κ1) is 24.1. The van der Waals surface area contributed by atoms with Gasteiger partial charge in [0.15, 0.2) is 0 Å². The van der Waals surface area contributed by atoms with Crippen molar-refractivity contribution in [1.82, 2.24) is 10.2 Å². The maximum Gasteiger partial charge on any atom is 0.242 e. The van der Waals surface area contributed by atoms with Crippen LogP contribution in [0.15, 0.2) is 48.5 Å². The van der Waals surface area contributed by atoms with E-state index in [0.29, 0.717) is 36.0 Å². The van der Waals surface area contributed by atoms with Crippen molar-refractivity contribution >= 4 is 35.2 Å². The van der Waals surface area contributed by atoms with Crippen molar-refractivity contribution in [2.75, 3.05) is 19.4 Å². The molecule has 1 atom stereocenters. The predicted octanol–water partition coefficient (Wildman–Crippen LogP) is 4.53. The highest BCUT2D eigenvalue weighted by atomic mass is 35.5. The van der Waals surface area contributed by atoms with Gasteiger partial charge >= 0.3 is 0 Å². The number of likely N-dealkylation sites (N-methyl/N-ethyl adjacent to an activating group) is 1. The monoisotopic (exact) mass is 448 g/mol. The highest BCUT2D eigenvalue weighted by molar-refractivity contribution is 7.99. The predicted molar refractivity (Wildman–Crippen MR) is 124 cm³/mol. The van der Waals surface area contributed by atoms with Crippen molar-refractivity contribution in [3.63, 3.8) is 0 Å². The van der Waals surface area contributed by atoms with Gasteiger partial charge in [-0.25, -0.2) is 0 Å². The van der Waals surface area contributed by atoms with E-state index in [9.17, 15) is 9.59 Å². The molecular formula is C23H29ClN2O3S. The first-order valence-corrected chi connectivity index (χ1v) is 11.5. The summed E-state index contributed by atoms with van der Waals surface area (Å²) in [6, 6.07) is 14.7. The number of hydrogen-bond acceptors (Lipinski definition) is 4. The molecule has 0 aliphatic rings. The van der Waals surface area contributed by atoms with Gasteiger partial charge in [0, 0.05) is 23.9 Å². The van der Waals surface area contributed by atoms with Crippen LogP contribution in [-0.4, -0.2) is 42.2 Å². The second-order valence-electron chi connectivity index (χ2n) is 6.81. The number of methoxy groups -OCH3 is 1. The van der Waals surface area contributed by atoms with Crippen molar-refractivity contribution in [1.29, 1.82) is 0 Å². The number of nitrogens with one attached hydrogen (secondary N) is 1. The second kappa shape index (κ2) is 12.5. The molecule has 162 valence electrons. The Bertz CT molecular complexity index is 829. The molecule has 2 aromatic carbocycles. The van der Waals surface area contributed by atoms with Crippen molar-refractivity contribution < 1.29 is 14.3 Å². The minimum absolute atomic E-state index is 0.0593. The Kier molecular flexibility index (Phi) is 10.0. The zero-order valence-corrected chi connectivity index (χ0v) is 19.3. The lowest BCUT2D eigenvalue weighted by Crippen LogP contribution is -2.49. The molecule has 0 aromatic heterocycles. The van der Waals surface area contributed by atoms with E-state index in [1.165, 1.54) is 11.8 Å². The lowest BCUT2D eigenvalue weighted by atomic mass is 10.1. The zero-order valence-electron chi connectivity index (χ0n) is 17.7. The smallest absolute Gasteiger partial charge is 0.242 e. The van der Waals surface area contributed by atoms with Gasteiger partial charge < -0.3 is 15.0 Å². The lowest BCUT2D eigenvalue weighted by Gasteiger charge is -2.30. The average molecular weight is 449 g/mol. The van der Waals surface area contributed by atoms with Crippen LogP contribution >= 0.6 is 23.4 Å². The molecule has 0 aliphatic carbocycles. The van der Waals surface area contributed by atoms with Gasteiger partial charge in [0.05, 0.1) is 12.9 Å². The number of halogens is 1. The molecule has 0 spiro atoms. The van der Waals surface area contributed by atoms with Gasteiger partial charge in [-0.15, -0.1) is 11.8 Å². The molecule has 2 rings (SSSR count). The molecule has 0 unspecified atom stereocenters. The summed E-state index contributed by atoms with van der Waals surface area (Å²) in [6.07, 6.45) is 0.548. The Hall–Kier alpha value is -2.18. The third-order valence-electron chi connectivity index (χ3n) is 4.63. The lowest BCUT2D eigenvalue weighted by molar-refractivity contribution is -0.139. The minimum Gasteiger partial charge on any atom is -0.497 e. The van der Waals surface area contributed by atoms with Crippen molar-refractivity contribution in [2.45, 2.75) is 38.6 Å². The molecular weight excluding hydrogens is 420 g/mol. The summed E-state index contributed by atoms with van der Waals surface area (Å²) < 4.78 is 5.21. The summed E-state index contributed by atoms with van der Waals surface area (Å²) in [7, 11) is 1.62. The highest BCUT2D eigenvalue weighted by Crippen LogP contribution is 2.20. The maximum absolute atomic E-state index is 13.1. The fraction of sp³-hybridized carbons (Fsp3) is 0.391. The van der Waals surface area contributed by atoms with Crippen LogP contribution in [0.1, 0.15) is 31.4 Å². The third-order valence-corrected chi connectivity index (χ3v) is 5.86. The standard InChI is InChI=1S/C23H29ClN2O3S/c1-4-21(23(28)25-5-2)26(14-17-9-11-20(29-3)12-10-17)22(27)16-30-15-18-7-6-8-19(24)13-18/h6-13,21H,4-5,14-16H2,1-3H3,(H,25,28)/t21-/m1/s1. The summed E-state index contributed by atoms with van der Waals surface area (Å²) in [4.78, 5) is 27.4. The molecule has 0 saturated heterocycles. The number of rotatable bonds is 11. The molecule has 0 saturated carbocycles. The minimum atomic E-state index is -0.508. The molecule has 5 nitrogen and oxygen atoms in total. The van der Waals surface area contributed by atoms with Gasteiger partial charge in [0.25, 0.3) is 0 Å². The van der Waals surface area contributed by atoms with E-state index in [2.05, 4.69) is 5.32 Å². The van der Waals surface area contributed by atoms with Gasteiger partial charge in [0.2, 0.25) is 11.8 Å². The number of thioether (sulfide) groups is 1. The molecule has 0 aliphatic heterocycles. The fourth-order valence-electron chi connectivity index (χ4n) is 3.11. The highest BCUT2D eigenvalue weighted by Gasteiger charge is 2.28. The van der Waals surface area contributed by atoms with E-state index < -0.39 is 6.04 Å². The molecule has 2 amide bonds. The van der Waals surface area contributed by atoms with Gasteiger partial charge in [-0.3, -0.25) is 9.59 Å². The van der Waals surface area contributed by atoms with Gasteiger partial charge in [-0.05, 0) is 48.7 Å². The largest absolute Gasteiger partial charge is 0.497 e. The molecule has 1 N–H and O–H groups in total. The van der Waals surface area contributed by atoms with E-state index in [-0.39, 0.29) is 11.8 Å². The number of benzene rings is 2. The topological polar surface area (TPSA) is 58.6 Å². The molecule has 7 heteroatoms. The third kappa shape index (κ3) is 7.26. The average Bonchev–Trinajstić information content (AvgIpc) is 2.74. The number of nitrogens with zero attached hydrogens (tertiary/aromatic N) is 1.